The van der Waals surface area contributed by atoms with E-state index < -0.39 is 0 Å². The molecule has 3 rings (SSSR count). The van der Waals surface area contributed by atoms with Gasteiger partial charge in [0.1, 0.15) is 0 Å². The molecule has 1 aliphatic heterocycles. The summed E-state index contributed by atoms with van der Waals surface area (Å²) < 4.78 is 1.56. The summed E-state index contributed by atoms with van der Waals surface area (Å²) in [5, 5.41) is 11.3. The lowest BCUT2D eigenvalue weighted by Crippen LogP contribution is -2.38. The first-order chi connectivity index (χ1) is 12.1. The molecule has 0 radical (unpaired) electrons. The van der Waals surface area contributed by atoms with E-state index in [9.17, 15) is 9.59 Å². The Labute approximate surface area is 154 Å². The van der Waals surface area contributed by atoms with Gasteiger partial charge >= 0.3 is 0 Å². The van der Waals surface area contributed by atoms with E-state index in [1.165, 1.54) is 0 Å². The molecule has 0 aliphatic carbocycles. The molecule has 9 heteroatoms. The van der Waals surface area contributed by atoms with E-state index in [1.54, 1.807) is 40.0 Å². The number of hydrogen-bond donors (Lipinski definition) is 1. The van der Waals surface area contributed by atoms with Crippen molar-refractivity contribution in [3.05, 3.63) is 46.7 Å². The highest BCUT2D eigenvalue weighted by Gasteiger charge is 2.21. The summed E-state index contributed by atoms with van der Waals surface area (Å²) in [6.45, 7) is 2.31. The van der Waals surface area contributed by atoms with E-state index in [0.29, 0.717) is 29.4 Å². The summed E-state index contributed by atoms with van der Waals surface area (Å²) in [4.78, 5) is 26.1. The largest absolute Gasteiger partial charge is 0.350 e. The van der Waals surface area contributed by atoms with Gasteiger partial charge in [-0.05, 0) is 24.3 Å². The van der Waals surface area contributed by atoms with Crippen LogP contribution in [0, 0.1) is 0 Å². The number of amides is 2. The van der Waals surface area contributed by atoms with E-state index in [4.69, 9.17) is 11.6 Å². The van der Waals surface area contributed by atoms with Gasteiger partial charge in [-0.2, -0.15) is 11.8 Å². The molecule has 1 aromatic heterocycles. The lowest BCUT2D eigenvalue weighted by molar-refractivity contribution is 0.0766. The number of nitrogens with zero attached hydrogens (tertiary/aromatic N) is 4. The van der Waals surface area contributed by atoms with Crippen molar-refractivity contribution >= 4 is 35.2 Å². The molecule has 1 saturated heterocycles. The van der Waals surface area contributed by atoms with Gasteiger partial charge in [-0.3, -0.25) is 9.59 Å². The normalized spacial score (nSPS) is 14.4. The number of rotatable bonds is 5. The maximum absolute atomic E-state index is 12.3. The highest BCUT2D eigenvalue weighted by molar-refractivity contribution is 7.99. The Morgan fingerprint density at radius 3 is 2.64 bits per heavy atom. The Morgan fingerprint density at radius 2 is 1.92 bits per heavy atom. The molecule has 2 heterocycles. The van der Waals surface area contributed by atoms with Crippen LogP contribution in [0.4, 0.5) is 0 Å². The molecule has 0 atom stereocenters. The topological polar surface area (TPSA) is 80.1 Å². The SMILES string of the molecule is O=C(NCCn1cc(C(=O)N2CCSCC2)nn1)c1ccc(Cl)cc1. The van der Waals surface area contributed by atoms with Crippen LogP contribution in [-0.4, -0.2) is 62.8 Å². The summed E-state index contributed by atoms with van der Waals surface area (Å²) in [7, 11) is 0. The molecule has 1 N–H and O–H groups in total. The first kappa shape index (κ1) is 17.8. The molecule has 0 spiro atoms. The third kappa shape index (κ3) is 4.73. The summed E-state index contributed by atoms with van der Waals surface area (Å²) in [5.41, 5.74) is 0.887. The number of carbonyl (C=O) groups is 2. The average Bonchev–Trinajstić information content (AvgIpc) is 3.11. The molecule has 25 heavy (non-hydrogen) atoms. The van der Waals surface area contributed by atoms with Crippen LogP contribution < -0.4 is 5.32 Å². The molecule has 0 bridgehead atoms. The molecule has 0 saturated carbocycles. The van der Waals surface area contributed by atoms with Gasteiger partial charge in [0, 0.05) is 41.7 Å². The lowest BCUT2D eigenvalue weighted by atomic mass is 10.2. The van der Waals surface area contributed by atoms with Crippen LogP contribution in [0.1, 0.15) is 20.8 Å². The van der Waals surface area contributed by atoms with Crippen LogP contribution in [0.25, 0.3) is 0 Å². The van der Waals surface area contributed by atoms with Gasteiger partial charge in [0.05, 0.1) is 12.7 Å². The number of thioether (sulfide) groups is 1. The van der Waals surface area contributed by atoms with E-state index in [1.807, 2.05) is 11.8 Å². The minimum absolute atomic E-state index is 0.0863. The van der Waals surface area contributed by atoms with Gasteiger partial charge in [0.15, 0.2) is 5.69 Å². The van der Waals surface area contributed by atoms with E-state index in [2.05, 4.69) is 15.6 Å². The first-order valence-corrected chi connectivity index (χ1v) is 9.47. The second-order valence-corrected chi connectivity index (χ2v) is 7.20. The summed E-state index contributed by atoms with van der Waals surface area (Å²) >= 11 is 7.65. The Hall–Kier alpha value is -2.06. The van der Waals surface area contributed by atoms with Gasteiger partial charge in [-0.25, -0.2) is 4.68 Å². The second kappa shape index (κ2) is 8.35. The van der Waals surface area contributed by atoms with Crippen LogP contribution in [0.3, 0.4) is 0 Å². The smallest absolute Gasteiger partial charge is 0.276 e. The van der Waals surface area contributed by atoms with Crippen molar-refractivity contribution in [1.82, 2.24) is 25.2 Å². The summed E-state index contributed by atoms with van der Waals surface area (Å²) in [5.74, 6) is 1.64. The highest BCUT2D eigenvalue weighted by Crippen LogP contribution is 2.12. The van der Waals surface area contributed by atoms with Crippen LogP contribution in [0.5, 0.6) is 0 Å². The monoisotopic (exact) mass is 379 g/mol. The summed E-state index contributed by atoms with van der Waals surface area (Å²) in [6.07, 6.45) is 1.62. The zero-order chi connectivity index (χ0) is 17.6. The molecule has 1 fully saturated rings. The third-order valence-electron chi connectivity index (χ3n) is 3.79. The van der Waals surface area contributed by atoms with Crippen LogP contribution in [-0.2, 0) is 6.54 Å². The van der Waals surface area contributed by atoms with Gasteiger partial charge in [-0.15, -0.1) is 5.10 Å². The standard InChI is InChI=1S/C16H18ClN5O2S/c17-13-3-1-12(2-4-13)15(23)18-5-6-22-11-14(19-20-22)16(24)21-7-9-25-10-8-21/h1-4,11H,5-10H2,(H,18,23). The van der Waals surface area contributed by atoms with E-state index >= 15 is 0 Å². The lowest BCUT2D eigenvalue weighted by Gasteiger charge is -2.25. The van der Waals surface area contributed by atoms with Gasteiger partial charge in [0.2, 0.25) is 0 Å². The third-order valence-corrected chi connectivity index (χ3v) is 4.98. The quantitative estimate of drug-likeness (QED) is 0.852. The van der Waals surface area contributed by atoms with Crippen molar-refractivity contribution in [2.75, 3.05) is 31.1 Å². The number of nitrogens with one attached hydrogen (secondary N) is 1. The Morgan fingerprint density at radius 1 is 1.20 bits per heavy atom. The minimum Gasteiger partial charge on any atom is -0.350 e. The fraction of sp³-hybridized carbons (Fsp3) is 0.375. The molecule has 7 nitrogen and oxygen atoms in total. The molecule has 132 valence electrons. The molecule has 0 unspecified atom stereocenters. The van der Waals surface area contributed by atoms with Gasteiger partial charge in [-0.1, -0.05) is 16.8 Å². The minimum atomic E-state index is -0.182. The number of benzene rings is 1. The number of halogens is 1. The number of hydrogen-bond acceptors (Lipinski definition) is 5. The van der Waals surface area contributed by atoms with E-state index in [-0.39, 0.29) is 11.8 Å². The predicted octanol–water partition coefficient (Wildman–Crippen LogP) is 1.55. The van der Waals surface area contributed by atoms with Crippen molar-refractivity contribution in [1.29, 1.82) is 0 Å². The highest BCUT2D eigenvalue weighted by atomic mass is 35.5. The molecular formula is C16H18ClN5O2S. The van der Waals surface area contributed by atoms with Crippen LogP contribution in [0.15, 0.2) is 30.5 Å². The Balaban J connectivity index is 1.49. The van der Waals surface area contributed by atoms with Crippen LogP contribution >= 0.6 is 23.4 Å². The second-order valence-electron chi connectivity index (χ2n) is 5.53. The zero-order valence-electron chi connectivity index (χ0n) is 13.5. The summed E-state index contributed by atoms with van der Waals surface area (Å²) in [6, 6.07) is 6.68. The predicted molar refractivity (Wildman–Crippen MR) is 97.0 cm³/mol. The van der Waals surface area contributed by atoms with E-state index in [0.717, 1.165) is 24.6 Å². The Kier molecular flexibility index (Phi) is 5.93. The molecule has 2 amide bonds. The molecule has 1 aliphatic rings. The van der Waals surface area contributed by atoms with Crippen LogP contribution in [0.2, 0.25) is 5.02 Å². The Bertz CT molecular complexity index is 743. The van der Waals surface area contributed by atoms with Crippen molar-refractivity contribution in [3.63, 3.8) is 0 Å². The van der Waals surface area contributed by atoms with Crippen molar-refractivity contribution in [3.8, 4) is 0 Å². The maximum Gasteiger partial charge on any atom is 0.276 e. The fourth-order valence-corrected chi connectivity index (χ4v) is 3.45. The fourth-order valence-electron chi connectivity index (χ4n) is 2.42. The van der Waals surface area contributed by atoms with Gasteiger partial charge in [0.25, 0.3) is 11.8 Å². The van der Waals surface area contributed by atoms with Gasteiger partial charge < -0.3 is 10.2 Å². The van der Waals surface area contributed by atoms with Crippen molar-refractivity contribution in [2.45, 2.75) is 6.54 Å². The molecule has 1 aromatic carbocycles. The zero-order valence-corrected chi connectivity index (χ0v) is 15.1. The average molecular weight is 380 g/mol. The number of aromatic nitrogens is 3. The number of carbonyl (C=O) groups excluding carboxylic acids is 2. The van der Waals surface area contributed by atoms with Crippen molar-refractivity contribution < 1.29 is 9.59 Å². The first-order valence-electron chi connectivity index (χ1n) is 7.94. The molecular weight excluding hydrogens is 362 g/mol. The van der Waals surface area contributed by atoms with Crippen molar-refractivity contribution in [2.24, 2.45) is 0 Å². The molecule has 2 aromatic rings. The maximum atomic E-state index is 12.3.